The summed E-state index contributed by atoms with van der Waals surface area (Å²) in [5.74, 6) is 0. The molecule has 0 aromatic heterocycles. The predicted molar refractivity (Wildman–Crippen MR) is 81.4 cm³/mol. The van der Waals surface area contributed by atoms with Crippen molar-refractivity contribution in [2.75, 3.05) is 0 Å². The van der Waals surface area contributed by atoms with Crippen LogP contribution in [-0.2, 0) is 0 Å². The van der Waals surface area contributed by atoms with Gasteiger partial charge in [0.15, 0.2) is 5.52 Å². The quantitative estimate of drug-likeness (QED) is 0.481. The zero-order valence-corrected chi connectivity index (χ0v) is 13.4. The summed E-state index contributed by atoms with van der Waals surface area (Å²) in [7, 11) is 0.197. The molecular formula is C12H11Cl4OP. The molecule has 1 aliphatic rings. The standard InChI is InChI=1S/C12H11Cl4OP/c13-7-5-8(14)11(16)9(10(7)15)12(17)18-6-3-1-2-4-6/h5-6,18H,1-4H2. The summed E-state index contributed by atoms with van der Waals surface area (Å²) in [6.45, 7) is 0. The van der Waals surface area contributed by atoms with Crippen LogP contribution in [0.4, 0.5) is 0 Å². The fourth-order valence-corrected chi connectivity index (χ4v) is 4.70. The van der Waals surface area contributed by atoms with E-state index in [0.29, 0.717) is 5.66 Å². The first kappa shape index (κ1) is 14.9. The Balaban J connectivity index is 2.29. The predicted octanol–water partition coefficient (Wildman–Crippen LogP) is 6.06. The first-order valence-corrected chi connectivity index (χ1v) is 8.23. The largest absolute Gasteiger partial charge is 0.289 e. The van der Waals surface area contributed by atoms with Crippen molar-refractivity contribution < 1.29 is 4.79 Å². The van der Waals surface area contributed by atoms with Crippen LogP contribution in [0.1, 0.15) is 36.0 Å². The van der Waals surface area contributed by atoms with Gasteiger partial charge in [-0.3, -0.25) is 4.79 Å². The summed E-state index contributed by atoms with van der Waals surface area (Å²) < 4.78 is 0. The highest BCUT2D eigenvalue weighted by Crippen LogP contribution is 2.43. The monoisotopic (exact) mass is 342 g/mol. The van der Waals surface area contributed by atoms with Gasteiger partial charge in [0.25, 0.3) is 0 Å². The van der Waals surface area contributed by atoms with Crippen molar-refractivity contribution >= 4 is 60.5 Å². The van der Waals surface area contributed by atoms with Gasteiger partial charge in [0.05, 0.1) is 25.7 Å². The molecule has 0 spiro atoms. The number of hydrogen-bond donors (Lipinski definition) is 0. The van der Waals surface area contributed by atoms with E-state index in [-0.39, 0.29) is 39.8 Å². The van der Waals surface area contributed by atoms with Crippen molar-refractivity contribution in [3.63, 3.8) is 0 Å². The van der Waals surface area contributed by atoms with Crippen molar-refractivity contribution in [3.8, 4) is 0 Å². The normalized spacial score (nSPS) is 16.9. The molecule has 2 rings (SSSR count). The number of benzene rings is 1. The Morgan fingerprint density at radius 3 is 2.06 bits per heavy atom. The highest BCUT2D eigenvalue weighted by Gasteiger charge is 2.24. The minimum absolute atomic E-state index is 0.0405. The molecule has 0 radical (unpaired) electrons. The lowest BCUT2D eigenvalue weighted by molar-refractivity contribution is 0.108. The molecule has 6 heteroatoms. The van der Waals surface area contributed by atoms with Gasteiger partial charge in [0.1, 0.15) is 0 Å². The van der Waals surface area contributed by atoms with E-state index in [1.54, 1.807) is 0 Å². The van der Waals surface area contributed by atoms with Gasteiger partial charge >= 0.3 is 0 Å². The maximum atomic E-state index is 12.3. The van der Waals surface area contributed by atoms with Gasteiger partial charge in [-0.05, 0) is 33.1 Å². The SMILES string of the molecule is O=C(PC1CCCC1)c1c(Cl)c(Cl)cc(Cl)c1Cl. The molecule has 0 bridgehead atoms. The Hall–Kier alpha value is 0.480. The van der Waals surface area contributed by atoms with Gasteiger partial charge in [-0.25, -0.2) is 0 Å². The van der Waals surface area contributed by atoms with Gasteiger partial charge in [0.2, 0.25) is 0 Å². The second-order valence-electron chi connectivity index (χ2n) is 4.30. The number of carbonyl (C=O) groups is 1. The Kier molecular flexibility index (Phi) is 5.20. The fraction of sp³-hybridized carbons (Fsp3) is 0.417. The smallest absolute Gasteiger partial charge is 0.184 e. The van der Waals surface area contributed by atoms with Crippen LogP contribution < -0.4 is 0 Å². The molecule has 98 valence electrons. The zero-order valence-electron chi connectivity index (χ0n) is 9.40. The topological polar surface area (TPSA) is 17.1 Å². The van der Waals surface area contributed by atoms with E-state index in [1.165, 1.54) is 18.9 Å². The average molecular weight is 344 g/mol. The van der Waals surface area contributed by atoms with Crippen LogP contribution in [0, 0.1) is 0 Å². The van der Waals surface area contributed by atoms with E-state index in [0.717, 1.165) is 12.8 Å². The first-order chi connectivity index (χ1) is 8.50. The number of rotatable bonds is 3. The molecule has 1 fully saturated rings. The van der Waals surface area contributed by atoms with Gasteiger partial charge in [-0.15, -0.1) is 0 Å². The van der Waals surface area contributed by atoms with Crippen LogP contribution in [0.2, 0.25) is 20.1 Å². The summed E-state index contributed by atoms with van der Waals surface area (Å²) in [6, 6.07) is 1.46. The average Bonchev–Trinajstić information content (AvgIpc) is 2.79. The van der Waals surface area contributed by atoms with Gasteiger partial charge in [0, 0.05) is 0 Å². The second-order valence-corrected chi connectivity index (χ2v) is 7.43. The number of hydrogen-bond acceptors (Lipinski definition) is 1. The van der Waals surface area contributed by atoms with Crippen LogP contribution in [0.15, 0.2) is 6.07 Å². The second kappa shape index (κ2) is 6.29. The minimum Gasteiger partial charge on any atom is -0.289 e. The summed E-state index contributed by atoms with van der Waals surface area (Å²) in [6.07, 6.45) is 4.60. The minimum atomic E-state index is -0.0405. The summed E-state index contributed by atoms with van der Waals surface area (Å²) in [4.78, 5) is 12.3. The van der Waals surface area contributed by atoms with Crippen LogP contribution >= 0.6 is 55.0 Å². The third kappa shape index (κ3) is 3.14. The maximum absolute atomic E-state index is 12.3. The van der Waals surface area contributed by atoms with E-state index in [1.807, 2.05) is 0 Å². The lowest BCUT2D eigenvalue weighted by atomic mass is 10.2. The van der Waals surface area contributed by atoms with E-state index in [9.17, 15) is 4.79 Å². The highest BCUT2D eigenvalue weighted by molar-refractivity contribution is 7.59. The molecule has 1 nitrogen and oxygen atoms in total. The molecule has 1 saturated carbocycles. The number of halogens is 4. The maximum Gasteiger partial charge on any atom is 0.184 e. The molecule has 0 aliphatic heterocycles. The fourth-order valence-electron chi connectivity index (χ4n) is 2.10. The van der Waals surface area contributed by atoms with E-state index < -0.39 is 0 Å². The molecule has 1 unspecified atom stereocenters. The van der Waals surface area contributed by atoms with E-state index >= 15 is 0 Å². The summed E-state index contributed by atoms with van der Waals surface area (Å²) in [5.41, 5.74) is 0.699. The molecule has 1 aromatic rings. The lowest BCUT2D eigenvalue weighted by Crippen LogP contribution is -2.02. The third-order valence-electron chi connectivity index (χ3n) is 3.03. The summed E-state index contributed by atoms with van der Waals surface area (Å²) in [5, 5.41) is 0.958. The molecular weight excluding hydrogens is 333 g/mol. The molecule has 1 aliphatic carbocycles. The van der Waals surface area contributed by atoms with Crippen LogP contribution in [0.3, 0.4) is 0 Å². The molecule has 0 amide bonds. The molecule has 0 saturated heterocycles. The van der Waals surface area contributed by atoms with Crippen molar-refractivity contribution in [1.82, 2.24) is 0 Å². The van der Waals surface area contributed by atoms with Crippen molar-refractivity contribution in [1.29, 1.82) is 0 Å². The van der Waals surface area contributed by atoms with Gasteiger partial charge in [-0.1, -0.05) is 59.2 Å². The third-order valence-corrected chi connectivity index (χ3v) is 6.10. The van der Waals surface area contributed by atoms with E-state index in [4.69, 9.17) is 46.4 Å². The van der Waals surface area contributed by atoms with Gasteiger partial charge < -0.3 is 0 Å². The van der Waals surface area contributed by atoms with Crippen molar-refractivity contribution in [3.05, 3.63) is 31.7 Å². The molecule has 0 heterocycles. The van der Waals surface area contributed by atoms with Crippen LogP contribution in [0.5, 0.6) is 0 Å². The number of carbonyl (C=O) groups excluding carboxylic acids is 1. The Labute approximate surface area is 128 Å². The Morgan fingerprint density at radius 1 is 1.06 bits per heavy atom. The van der Waals surface area contributed by atoms with Crippen molar-refractivity contribution in [2.45, 2.75) is 31.3 Å². The highest BCUT2D eigenvalue weighted by atomic mass is 35.5. The Bertz CT molecular complexity index is 457. The Morgan fingerprint density at radius 2 is 1.56 bits per heavy atom. The molecule has 18 heavy (non-hydrogen) atoms. The van der Waals surface area contributed by atoms with E-state index in [2.05, 4.69) is 0 Å². The molecule has 1 aromatic carbocycles. The van der Waals surface area contributed by atoms with Gasteiger partial charge in [-0.2, -0.15) is 0 Å². The van der Waals surface area contributed by atoms with Crippen LogP contribution in [0.25, 0.3) is 0 Å². The summed E-state index contributed by atoms with van der Waals surface area (Å²) >= 11 is 24.0. The molecule has 0 N–H and O–H groups in total. The van der Waals surface area contributed by atoms with Crippen molar-refractivity contribution in [2.24, 2.45) is 0 Å². The zero-order chi connectivity index (χ0) is 13.3. The first-order valence-electron chi connectivity index (χ1n) is 5.64. The van der Waals surface area contributed by atoms with Crippen LogP contribution in [-0.4, -0.2) is 11.2 Å². The molecule has 1 atom stereocenters. The lowest BCUT2D eigenvalue weighted by Gasteiger charge is -2.12.